The van der Waals surface area contributed by atoms with E-state index in [2.05, 4.69) is 36.4 Å². The molecule has 0 spiro atoms. The van der Waals surface area contributed by atoms with Gasteiger partial charge in [0.15, 0.2) is 0 Å². The van der Waals surface area contributed by atoms with Crippen LogP contribution in [-0.4, -0.2) is 0 Å². The van der Waals surface area contributed by atoms with Gasteiger partial charge >= 0.3 is 0 Å². The molecule has 0 nitrogen and oxygen atoms in total. The van der Waals surface area contributed by atoms with E-state index in [4.69, 9.17) is 0 Å². The van der Waals surface area contributed by atoms with E-state index < -0.39 is 0 Å². The lowest BCUT2D eigenvalue weighted by atomic mass is 9.71. The molecule has 0 aliphatic heterocycles. The van der Waals surface area contributed by atoms with Crippen LogP contribution in [0.4, 0.5) is 0 Å². The third-order valence-corrected chi connectivity index (χ3v) is 3.74. The quantitative estimate of drug-likeness (QED) is 0.572. The van der Waals surface area contributed by atoms with Gasteiger partial charge in [0.05, 0.1) is 0 Å². The predicted octanol–water partition coefficient (Wildman–Crippen LogP) is 3.99. The van der Waals surface area contributed by atoms with E-state index in [1.807, 2.05) is 0 Å². The van der Waals surface area contributed by atoms with Crippen LogP contribution < -0.4 is 0 Å². The summed E-state index contributed by atoms with van der Waals surface area (Å²) in [7, 11) is 0. The third-order valence-electron chi connectivity index (χ3n) is 3.74. The average molecular weight is 184 g/mol. The lowest BCUT2D eigenvalue weighted by Gasteiger charge is -2.33. The molecule has 2 atom stereocenters. The first kappa shape index (κ1) is 8.28. The molecule has 0 radical (unpaired) electrons. The minimum atomic E-state index is 0.824. The molecule has 14 heavy (non-hydrogen) atoms. The van der Waals surface area contributed by atoms with Gasteiger partial charge in [-0.05, 0) is 35.8 Å². The zero-order valence-electron chi connectivity index (χ0n) is 8.45. The molecule has 0 aromatic heterocycles. The Kier molecular flexibility index (Phi) is 1.93. The Morgan fingerprint density at radius 3 is 2.86 bits per heavy atom. The summed E-state index contributed by atoms with van der Waals surface area (Å²) in [5.41, 5.74) is 3.05. The summed E-state index contributed by atoms with van der Waals surface area (Å²) in [6, 6.07) is 8.90. The van der Waals surface area contributed by atoms with Crippen molar-refractivity contribution in [3.05, 3.63) is 41.5 Å². The first-order chi connectivity index (χ1) is 6.95. The third kappa shape index (κ3) is 1.21. The fourth-order valence-electron chi connectivity index (χ4n) is 3.00. The SMILES string of the molecule is C1=C[C@@H]2CCCC[C@H]2c2ccccc21. The van der Waals surface area contributed by atoms with Crippen molar-refractivity contribution in [2.75, 3.05) is 0 Å². The summed E-state index contributed by atoms with van der Waals surface area (Å²) >= 11 is 0. The fraction of sp³-hybridized carbons (Fsp3) is 0.429. The van der Waals surface area contributed by atoms with Gasteiger partial charge in [0.25, 0.3) is 0 Å². The Balaban J connectivity index is 2.05. The maximum absolute atomic E-state index is 2.44. The summed E-state index contributed by atoms with van der Waals surface area (Å²) < 4.78 is 0. The highest BCUT2D eigenvalue weighted by molar-refractivity contribution is 5.58. The smallest absolute Gasteiger partial charge is 0.00930 e. The van der Waals surface area contributed by atoms with Gasteiger partial charge in [0.2, 0.25) is 0 Å². The molecule has 2 aliphatic rings. The highest BCUT2D eigenvalue weighted by Crippen LogP contribution is 2.42. The van der Waals surface area contributed by atoms with Crippen molar-refractivity contribution in [3.8, 4) is 0 Å². The molecule has 1 aromatic carbocycles. The average Bonchev–Trinajstić information content (AvgIpc) is 2.29. The van der Waals surface area contributed by atoms with Crippen LogP contribution in [-0.2, 0) is 0 Å². The van der Waals surface area contributed by atoms with Gasteiger partial charge in [-0.1, -0.05) is 49.3 Å². The Hall–Kier alpha value is -1.04. The molecule has 1 fully saturated rings. The largest absolute Gasteiger partial charge is 0.0802 e. The molecule has 0 saturated heterocycles. The van der Waals surface area contributed by atoms with Crippen molar-refractivity contribution in [2.24, 2.45) is 5.92 Å². The van der Waals surface area contributed by atoms with Crippen molar-refractivity contribution in [2.45, 2.75) is 31.6 Å². The number of allylic oxidation sites excluding steroid dienone is 1. The maximum Gasteiger partial charge on any atom is -0.00930 e. The second-order valence-electron chi connectivity index (χ2n) is 4.54. The summed E-state index contributed by atoms with van der Waals surface area (Å²) in [5.74, 6) is 1.66. The van der Waals surface area contributed by atoms with Crippen LogP contribution in [0.2, 0.25) is 0 Å². The number of benzene rings is 1. The van der Waals surface area contributed by atoms with E-state index in [-0.39, 0.29) is 0 Å². The lowest BCUT2D eigenvalue weighted by Crippen LogP contribution is -2.19. The molecule has 0 heterocycles. The van der Waals surface area contributed by atoms with Crippen LogP contribution >= 0.6 is 0 Å². The van der Waals surface area contributed by atoms with Crippen LogP contribution in [0.5, 0.6) is 0 Å². The number of hydrogen-bond acceptors (Lipinski definition) is 0. The molecule has 0 heteroatoms. The monoisotopic (exact) mass is 184 g/mol. The van der Waals surface area contributed by atoms with Crippen molar-refractivity contribution < 1.29 is 0 Å². The Morgan fingerprint density at radius 1 is 1.00 bits per heavy atom. The van der Waals surface area contributed by atoms with Crippen molar-refractivity contribution in [1.29, 1.82) is 0 Å². The van der Waals surface area contributed by atoms with Crippen LogP contribution in [0.15, 0.2) is 30.3 Å². The second-order valence-corrected chi connectivity index (χ2v) is 4.54. The highest BCUT2D eigenvalue weighted by Gasteiger charge is 2.27. The molecular formula is C14H16. The maximum atomic E-state index is 2.44. The van der Waals surface area contributed by atoms with Crippen molar-refractivity contribution >= 4 is 6.08 Å². The minimum absolute atomic E-state index is 0.824. The zero-order chi connectivity index (χ0) is 9.38. The van der Waals surface area contributed by atoms with Gasteiger partial charge in [0, 0.05) is 0 Å². The van der Waals surface area contributed by atoms with Crippen LogP contribution in [0.25, 0.3) is 6.08 Å². The van der Waals surface area contributed by atoms with Crippen molar-refractivity contribution in [1.82, 2.24) is 0 Å². The first-order valence-corrected chi connectivity index (χ1v) is 5.72. The summed E-state index contributed by atoms with van der Waals surface area (Å²) in [4.78, 5) is 0. The lowest BCUT2D eigenvalue weighted by molar-refractivity contribution is 0.360. The molecule has 1 saturated carbocycles. The van der Waals surface area contributed by atoms with Crippen molar-refractivity contribution in [3.63, 3.8) is 0 Å². The van der Waals surface area contributed by atoms with E-state index in [0.717, 1.165) is 11.8 Å². The number of hydrogen-bond donors (Lipinski definition) is 0. The molecular weight excluding hydrogens is 168 g/mol. The topological polar surface area (TPSA) is 0 Å². The Bertz CT molecular complexity index is 362. The number of fused-ring (bicyclic) bond motifs is 3. The highest BCUT2D eigenvalue weighted by atomic mass is 14.3. The molecule has 2 aliphatic carbocycles. The molecule has 0 unspecified atom stereocenters. The zero-order valence-corrected chi connectivity index (χ0v) is 8.45. The van der Waals surface area contributed by atoms with E-state index >= 15 is 0 Å². The molecule has 0 amide bonds. The predicted molar refractivity (Wildman–Crippen MR) is 60.2 cm³/mol. The van der Waals surface area contributed by atoms with Crippen LogP contribution in [0.1, 0.15) is 42.7 Å². The minimum Gasteiger partial charge on any atom is -0.0802 e. The van der Waals surface area contributed by atoms with Gasteiger partial charge in [-0.3, -0.25) is 0 Å². The normalized spacial score (nSPS) is 29.4. The second kappa shape index (κ2) is 3.27. The van der Waals surface area contributed by atoms with Gasteiger partial charge in [-0.15, -0.1) is 0 Å². The summed E-state index contributed by atoms with van der Waals surface area (Å²) in [6.07, 6.45) is 10.4. The van der Waals surface area contributed by atoms with Gasteiger partial charge < -0.3 is 0 Å². The van der Waals surface area contributed by atoms with E-state index in [1.54, 1.807) is 5.56 Å². The van der Waals surface area contributed by atoms with Gasteiger partial charge in [0.1, 0.15) is 0 Å². The Labute approximate surface area is 85.6 Å². The molecule has 1 aromatic rings. The standard InChI is InChI=1S/C14H16/c1-3-7-13-11(5-1)9-10-12-6-2-4-8-14(12)13/h1,3,5,7,9-10,12,14H,2,4,6,8H2/t12-,14+/m0/s1. The van der Waals surface area contributed by atoms with E-state index in [1.165, 1.54) is 31.2 Å². The molecule has 3 rings (SSSR count). The van der Waals surface area contributed by atoms with Crippen LogP contribution in [0.3, 0.4) is 0 Å². The van der Waals surface area contributed by atoms with E-state index in [9.17, 15) is 0 Å². The van der Waals surface area contributed by atoms with E-state index in [0.29, 0.717) is 0 Å². The first-order valence-electron chi connectivity index (χ1n) is 5.72. The van der Waals surface area contributed by atoms with Gasteiger partial charge in [-0.2, -0.15) is 0 Å². The Morgan fingerprint density at radius 2 is 1.86 bits per heavy atom. The number of rotatable bonds is 0. The summed E-state index contributed by atoms with van der Waals surface area (Å²) in [6.45, 7) is 0. The molecule has 0 N–H and O–H groups in total. The van der Waals surface area contributed by atoms with Crippen LogP contribution in [0, 0.1) is 5.92 Å². The van der Waals surface area contributed by atoms with Gasteiger partial charge in [-0.25, -0.2) is 0 Å². The molecule has 0 bridgehead atoms. The fourth-order valence-corrected chi connectivity index (χ4v) is 3.00. The summed E-state index contributed by atoms with van der Waals surface area (Å²) in [5, 5.41) is 0. The molecule has 72 valence electrons.